The van der Waals surface area contributed by atoms with Crippen molar-refractivity contribution >= 4 is 27.5 Å². The van der Waals surface area contributed by atoms with Gasteiger partial charge < -0.3 is 14.8 Å². The van der Waals surface area contributed by atoms with Gasteiger partial charge in [-0.1, -0.05) is 36.4 Å². The van der Waals surface area contributed by atoms with E-state index in [0.29, 0.717) is 38.3 Å². The standard InChI is InChI=1S/C26H23BrFN3O5/c1-30-13-17(24(31(33)34)26(30)18-8-4-6-10-21(18)29-25(26)32)16-11-19(27)23(22(12-16)35-2)36-14-15-7-3-5-9-20(15)28/h3-12,17,24H,13-14H2,1-2H3,(H,29,32)/t17-,24+,26-/m0/s1. The number of halogens is 2. The number of ether oxygens (including phenoxy) is 2. The number of fused-ring (bicyclic) bond motifs is 2. The molecule has 1 spiro atoms. The lowest BCUT2D eigenvalue weighted by Gasteiger charge is -2.30. The minimum Gasteiger partial charge on any atom is -0.493 e. The molecule has 0 saturated carbocycles. The van der Waals surface area contributed by atoms with Gasteiger partial charge in [0.1, 0.15) is 12.4 Å². The summed E-state index contributed by atoms with van der Waals surface area (Å²) in [5, 5.41) is 15.4. The van der Waals surface area contributed by atoms with Crippen molar-refractivity contribution in [1.82, 2.24) is 4.90 Å². The maximum atomic E-state index is 14.1. The van der Waals surface area contributed by atoms with Crippen molar-refractivity contribution in [2.75, 3.05) is 26.0 Å². The SMILES string of the molecule is COc1cc([C@@H]2CN(C)[C@]3(C(=O)Nc4ccccc43)[C@@H]2[N+](=O)[O-])cc(Br)c1OCc1ccccc1F. The van der Waals surface area contributed by atoms with Crippen molar-refractivity contribution in [1.29, 1.82) is 0 Å². The smallest absolute Gasteiger partial charge is 0.256 e. The van der Waals surface area contributed by atoms with Gasteiger partial charge in [-0.3, -0.25) is 19.8 Å². The summed E-state index contributed by atoms with van der Waals surface area (Å²) in [4.78, 5) is 27.2. The highest BCUT2D eigenvalue weighted by Crippen LogP contribution is 2.53. The van der Waals surface area contributed by atoms with E-state index in [9.17, 15) is 19.3 Å². The summed E-state index contributed by atoms with van der Waals surface area (Å²) in [6.45, 7) is 0.253. The minimum atomic E-state index is -1.44. The molecule has 5 rings (SSSR count). The van der Waals surface area contributed by atoms with Gasteiger partial charge in [0, 0.05) is 28.3 Å². The molecule has 10 heteroatoms. The van der Waals surface area contributed by atoms with E-state index in [4.69, 9.17) is 9.47 Å². The third-order valence-electron chi connectivity index (χ3n) is 7.05. The molecule has 0 radical (unpaired) electrons. The Bertz CT molecular complexity index is 1370. The van der Waals surface area contributed by atoms with E-state index in [1.165, 1.54) is 13.2 Å². The number of likely N-dealkylation sites (tertiary alicyclic amines) is 1. The number of anilines is 1. The topological polar surface area (TPSA) is 93.9 Å². The summed E-state index contributed by atoms with van der Waals surface area (Å²) in [6.07, 6.45) is 0. The molecule has 3 aromatic rings. The van der Waals surface area contributed by atoms with Crippen LogP contribution < -0.4 is 14.8 Å². The first kappa shape index (κ1) is 24.2. The third kappa shape index (κ3) is 3.63. The second-order valence-corrected chi connectivity index (χ2v) is 9.75. The van der Waals surface area contributed by atoms with E-state index < -0.39 is 23.4 Å². The van der Waals surface area contributed by atoms with Crippen LogP contribution in [0.25, 0.3) is 0 Å². The van der Waals surface area contributed by atoms with E-state index in [0.717, 1.165) is 0 Å². The maximum Gasteiger partial charge on any atom is 0.256 e. The summed E-state index contributed by atoms with van der Waals surface area (Å²) in [6, 6.07) is 15.6. The number of hydrogen-bond acceptors (Lipinski definition) is 6. The number of nitro groups is 1. The fourth-order valence-corrected chi connectivity index (χ4v) is 6.01. The molecular weight excluding hydrogens is 533 g/mol. The number of rotatable bonds is 6. The molecule has 1 amide bonds. The molecule has 36 heavy (non-hydrogen) atoms. The minimum absolute atomic E-state index is 0.0231. The van der Waals surface area contributed by atoms with Crippen molar-refractivity contribution in [2.45, 2.75) is 24.1 Å². The van der Waals surface area contributed by atoms with E-state index in [1.807, 2.05) is 0 Å². The van der Waals surface area contributed by atoms with Gasteiger partial charge >= 0.3 is 0 Å². The highest BCUT2D eigenvalue weighted by atomic mass is 79.9. The Morgan fingerprint density at radius 2 is 1.94 bits per heavy atom. The number of benzene rings is 3. The number of methoxy groups -OCH3 is 1. The number of hydrogen-bond donors (Lipinski definition) is 1. The van der Waals surface area contributed by atoms with E-state index in [1.54, 1.807) is 66.5 Å². The maximum absolute atomic E-state index is 14.1. The zero-order valence-corrected chi connectivity index (χ0v) is 21.1. The first-order chi connectivity index (χ1) is 17.3. The average Bonchev–Trinajstić information content (AvgIpc) is 3.33. The quantitative estimate of drug-likeness (QED) is 0.350. The number of nitrogens with one attached hydrogen (secondary N) is 1. The molecule has 0 aromatic heterocycles. The number of carbonyl (C=O) groups excluding carboxylic acids is 1. The lowest BCUT2D eigenvalue weighted by atomic mass is 9.79. The summed E-state index contributed by atoms with van der Waals surface area (Å²) in [7, 11) is 3.20. The van der Waals surface area contributed by atoms with Crippen molar-refractivity contribution in [3.63, 3.8) is 0 Å². The lowest BCUT2D eigenvalue weighted by Crippen LogP contribution is -2.54. The van der Waals surface area contributed by atoms with Crippen molar-refractivity contribution < 1.29 is 23.6 Å². The Balaban J connectivity index is 1.54. The molecule has 0 unspecified atom stereocenters. The Kier molecular flexibility index (Phi) is 6.17. The van der Waals surface area contributed by atoms with Gasteiger partial charge in [-0.15, -0.1) is 0 Å². The number of para-hydroxylation sites is 1. The second-order valence-electron chi connectivity index (χ2n) is 8.90. The van der Waals surface area contributed by atoms with Gasteiger partial charge in [0.05, 0.1) is 17.5 Å². The van der Waals surface area contributed by atoms with E-state index in [-0.39, 0.29) is 23.9 Å². The second kappa shape index (κ2) is 9.18. The number of likely N-dealkylation sites (N-methyl/N-ethyl adjacent to an activating group) is 1. The Labute approximate surface area is 215 Å². The Hall–Kier alpha value is -3.50. The molecule has 3 atom stereocenters. The largest absolute Gasteiger partial charge is 0.493 e. The van der Waals surface area contributed by atoms with Gasteiger partial charge in [-0.05, 0) is 52.8 Å². The van der Waals surface area contributed by atoms with Crippen LogP contribution in [-0.4, -0.2) is 42.5 Å². The van der Waals surface area contributed by atoms with Crippen LogP contribution in [0.1, 0.15) is 22.6 Å². The van der Waals surface area contributed by atoms with Crippen molar-refractivity contribution in [3.05, 3.63) is 97.8 Å². The van der Waals surface area contributed by atoms with Crippen LogP contribution in [0.2, 0.25) is 0 Å². The van der Waals surface area contributed by atoms with Gasteiger partial charge in [0.15, 0.2) is 17.0 Å². The van der Waals surface area contributed by atoms with E-state index in [2.05, 4.69) is 21.2 Å². The first-order valence-corrected chi connectivity index (χ1v) is 12.1. The van der Waals surface area contributed by atoms with Crippen molar-refractivity contribution in [3.8, 4) is 11.5 Å². The molecular formula is C26H23BrFN3O5. The highest BCUT2D eigenvalue weighted by molar-refractivity contribution is 9.10. The molecule has 0 bridgehead atoms. The number of amides is 1. The molecule has 2 aliphatic rings. The number of carbonyl (C=O) groups is 1. The fraction of sp³-hybridized carbons (Fsp3) is 0.269. The highest BCUT2D eigenvalue weighted by Gasteiger charge is 2.68. The van der Waals surface area contributed by atoms with Gasteiger partial charge in [0.25, 0.3) is 11.9 Å². The fourth-order valence-electron chi connectivity index (χ4n) is 5.44. The van der Waals surface area contributed by atoms with Crippen LogP contribution in [0.5, 0.6) is 11.5 Å². The summed E-state index contributed by atoms with van der Waals surface area (Å²) in [5.41, 5.74) is 0.744. The monoisotopic (exact) mass is 555 g/mol. The van der Waals surface area contributed by atoms with Crippen LogP contribution in [0.3, 0.4) is 0 Å². The van der Waals surface area contributed by atoms with Gasteiger partial charge in [-0.2, -0.15) is 0 Å². The Morgan fingerprint density at radius 3 is 2.67 bits per heavy atom. The number of nitrogens with zero attached hydrogens (tertiary/aromatic N) is 2. The predicted octanol–water partition coefficient (Wildman–Crippen LogP) is 4.70. The van der Waals surface area contributed by atoms with Crippen molar-refractivity contribution in [2.24, 2.45) is 0 Å². The van der Waals surface area contributed by atoms with Crippen LogP contribution in [0.15, 0.2) is 65.1 Å². The molecule has 2 heterocycles. The zero-order valence-electron chi connectivity index (χ0n) is 19.5. The van der Waals surface area contributed by atoms with Gasteiger partial charge in [-0.25, -0.2) is 4.39 Å². The van der Waals surface area contributed by atoms with Gasteiger partial charge in [0.2, 0.25) is 0 Å². The predicted molar refractivity (Wildman–Crippen MR) is 134 cm³/mol. The van der Waals surface area contributed by atoms with Crippen LogP contribution in [0.4, 0.5) is 10.1 Å². The molecule has 1 N–H and O–H groups in total. The molecule has 186 valence electrons. The summed E-state index contributed by atoms with van der Waals surface area (Å²) >= 11 is 3.50. The molecule has 0 aliphatic carbocycles. The molecule has 1 saturated heterocycles. The normalized spacial score (nSPS) is 22.9. The first-order valence-electron chi connectivity index (χ1n) is 11.3. The summed E-state index contributed by atoms with van der Waals surface area (Å²) < 4.78 is 26.0. The molecule has 8 nitrogen and oxygen atoms in total. The third-order valence-corrected chi connectivity index (χ3v) is 7.64. The Morgan fingerprint density at radius 1 is 1.22 bits per heavy atom. The zero-order chi connectivity index (χ0) is 25.6. The van der Waals surface area contributed by atoms with Crippen LogP contribution in [-0.2, 0) is 16.9 Å². The van der Waals surface area contributed by atoms with Crippen LogP contribution in [0, 0.1) is 15.9 Å². The molecule has 3 aromatic carbocycles. The summed E-state index contributed by atoms with van der Waals surface area (Å²) in [5.74, 6) is -0.712. The van der Waals surface area contributed by atoms with E-state index >= 15 is 0 Å². The van der Waals surface area contributed by atoms with Crippen LogP contribution >= 0.6 is 15.9 Å². The molecule has 1 fully saturated rings. The molecule has 2 aliphatic heterocycles. The average molecular weight is 556 g/mol. The lowest BCUT2D eigenvalue weighted by molar-refractivity contribution is -0.534.